The Morgan fingerprint density at radius 3 is 2.54 bits per heavy atom. The van der Waals surface area contributed by atoms with Crippen LogP contribution in [0.15, 0.2) is 11.8 Å². The van der Waals surface area contributed by atoms with Crippen LogP contribution in [0.25, 0.3) is 0 Å². The average Bonchev–Trinajstić information content (AvgIpc) is 2.05. The van der Waals surface area contributed by atoms with Gasteiger partial charge in [0.2, 0.25) is 0 Å². The van der Waals surface area contributed by atoms with E-state index in [1.165, 1.54) is 6.42 Å². The van der Waals surface area contributed by atoms with E-state index < -0.39 is 0 Å². The Bertz CT molecular complexity index is 173. The molecule has 0 aliphatic carbocycles. The molecule has 0 aromatic heterocycles. The zero-order chi connectivity index (χ0) is 10.1. The number of hydrogen-bond donors (Lipinski definition) is 1. The van der Waals surface area contributed by atoms with Gasteiger partial charge in [-0.3, -0.25) is 4.79 Å². The van der Waals surface area contributed by atoms with E-state index in [0.29, 0.717) is 6.42 Å². The number of carbonyl (C=O) groups excluding carboxylic acids is 1. The van der Waals surface area contributed by atoms with E-state index in [2.05, 4.69) is 12.2 Å². The molecule has 76 valence electrons. The zero-order valence-electron chi connectivity index (χ0n) is 9.02. The van der Waals surface area contributed by atoms with Crippen LogP contribution in [0.4, 0.5) is 0 Å². The molecule has 2 heteroatoms. The summed E-state index contributed by atoms with van der Waals surface area (Å²) in [5.74, 6) is 0.226. The van der Waals surface area contributed by atoms with E-state index in [4.69, 9.17) is 0 Å². The second kappa shape index (κ2) is 7.84. The monoisotopic (exact) mass is 183 g/mol. The molecule has 13 heavy (non-hydrogen) atoms. The van der Waals surface area contributed by atoms with Crippen LogP contribution in [0.5, 0.6) is 0 Å². The van der Waals surface area contributed by atoms with Gasteiger partial charge in [0.15, 0.2) is 5.78 Å². The van der Waals surface area contributed by atoms with Crippen LogP contribution in [0.2, 0.25) is 0 Å². The Morgan fingerprint density at radius 2 is 2.00 bits per heavy atom. The zero-order valence-corrected chi connectivity index (χ0v) is 9.02. The predicted molar refractivity (Wildman–Crippen MR) is 56.6 cm³/mol. The van der Waals surface area contributed by atoms with Crippen molar-refractivity contribution >= 4 is 5.78 Å². The van der Waals surface area contributed by atoms with Crippen LogP contribution < -0.4 is 5.32 Å². The Balaban J connectivity index is 3.67. The number of hydrogen-bond acceptors (Lipinski definition) is 2. The number of carbonyl (C=O) groups is 1. The molecule has 0 heterocycles. The lowest BCUT2D eigenvalue weighted by Gasteiger charge is -2.04. The number of ketones is 1. The molecule has 1 N–H and O–H groups in total. The van der Waals surface area contributed by atoms with Crippen molar-refractivity contribution in [3.8, 4) is 0 Å². The molecule has 0 amide bonds. The van der Waals surface area contributed by atoms with Crippen LogP contribution >= 0.6 is 0 Å². The standard InChI is InChI=1S/C11H21NO/c1-4-6-8-12-10(3)9-11(13)7-5-2/h9,12H,4-8H2,1-3H3/b10-9+. The molecule has 0 aromatic carbocycles. The molecule has 0 rings (SSSR count). The summed E-state index contributed by atoms with van der Waals surface area (Å²) in [4.78, 5) is 11.2. The molecule has 0 bridgehead atoms. The third-order valence-corrected chi connectivity index (χ3v) is 1.81. The lowest BCUT2D eigenvalue weighted by atomic mass is 10.2. The average molecular weight is 183 g/mol. The van der Waals surface area contributed by atoms with E-state index in [1.54, 1.807) is 6.08 Å². The minimum absolute atomic E-state index is 0.226. The summed E-state index contributed by atoms with van der Waals surface area (Å²) >= 11 is 0. The first-order chi connectivity index (χ1) is 6.20. The van der Waals surface area contributed by atoms with Crippen molar-refractivity contribution in [2.24, 2.45) is 0 Å². The Labute approximate surface area is 81.4 Å². The fourth-order valence-corrected chi connectivity index (χ4v) is 1.07. The van der Waals surface area contributed by atoms with Crippen molar-refractivity contribution in [2.75, 3.05) is 6.54 Å². The van der Waals surface area contributed by atoms with Gasteiger partial charge in [-0.15, -0.1) is 0 Å². The molecule has 0 saturated heterocycles. The summed E-state index contributed by atoms with van der Waals surface area (Å²) in [5.41, 5.74) is 0.993. The van der Waals surface area contributed by atoms with Crippen molar-refractivity contribution in [1.82, 2.24) is 5.32 Å². The molecule has 0 aliphatic heterocycles. The SMILES string of the molecule is CCCCN/C(C)=C/C(=O)CCC. The summed E-state index contributed by atoms with van der Waals surface area (Å²) < 4.78 is 0. The fraction of sp³-hybridized carbons (Fsp3) is 0.727. The van der Waals surface area contributed by atoms with Gasteiger partial charge >= 0.3 is 0 Å². The maximum absolute atomic E-state index is 11.2. The second-order valence-electron chi connectivity index (χ2n) is 3.32. The highest BCUT2D eigenvalue weighted by Crippen LogP contribution is 1.95. The van der Waals surface area contributed by atoms with Gasteiger partial charge in [-0.05, 0) is 25.8 Å². The Morgan fingerprint density at radius 1 is 1.31 bits per heavy atom. The smallest absolute Gasteiger partial charge is 0.157 e. The van der Waals surface area contributed by atoms with Gasteiger partial charge in [-0.25, -0.2) is 0 Å². The second-order valence-corrected chi connectivity index (χ2v) is 3.32. The van der Waals surface area contributed by atoms with Gasteiger partial charge < -0.3 is 5.32 Å². The summed E-state index contributed by atoms with van der Waals surface area (Å²) in [6, 6.07) is 0. The van der Waals surface area contributed by atoms with E-state index >= 15 is 0 Å². The molecular formula is C11H21NO. The van der Waals surface area contributed by atoms with Crippen molar-refractivity contribution in [1.29, 1.82) is 0 Å². The molecule has 0 saturated carbocycles. The van der Waals surface area contributed by atoms with Crippen molar-refractivity contribution in [2.45, 2.75) is 46.5 Å². The summed E-state index contributed by atoms with van der Waals surface area (Å²) in [6.45, 7) is 7.09. The number of allylic oxidation sites excluding steroid dienone is 2. The van der Waals surface area contributed by atoms with Crippen LogP contribution in [0.3, 0.4) is 0 Å². The normalized spacial score (nSPS) is 11.5. The first-order valence-electron chi connectivity index (χ1n) is 5.15. The summed E-state index contributed by atoms with van der Waals surface area (Å²) in [7, 11) is 0. The van der Waals surface area contributed by atoms with Gasteiger partial charge in [0.1, 0.15) is 0 Å². The third kappa shape index (κ3) is 7.57. The largest absolute Gasteiger partial charge is 0.388 e. The molecule has 2 nitrogen and oxygen atoms in total. The highest BCUT2D eigenvalue weighted by atomic mass is 16.1. The van der Waals surface area contributed by atoms with Crippen LogP contribution in [-0.2, 0) is 4.79 Å². The molecule has 0 aliphatic rings. The van der Waals surface area contributed by atoms with Crippen LogP contribution in [0.1, 0.15) is 46.5 Å². The quantitative estimate of drug-likeness (QED) is 0.485. The van der Waals surface area contributed by atoms with Gasteiger partial charge in [0.05, 0.1) is 0 Å². The topological polar surface area (TPSA) is 29.1 Å². The Kier molecular flexibility index (Phi) is 7.36. The van der Waals surface area contributed by atoms with Gasteiger partial charge in [-0.1, -0.05) is 20.3 Å². The first kappa shape index (κ1) is 12.2. The van der Waals surface area contributed by atoms with E-state index in [1.807, 2.05) is 13.8 Å². The predicted octanol–water partition coefficient (Wildman–Crippen LogP) is 2.65. The van der Waals surface area contributed by atoms with Crippen LogP contribution in [-0.4, -0.2) is 12.3 Å². The maximum atomic E-state index is 11.2. The summed E-state index contributed by atoms with van der Waals surface area (Å²) in [5, 5.41) is 3.21. The van der Waals surface area contributed by atoms with Gasteiger partial charge in [-0.2, -0.15) is 0 Å². The molecule has 0 spiro atoms. The van der Waals surface area contributed by atoms with Crippen molar-refractivity contribution in [3.63, 3.8) is 0 Å². The van der Waals surface area contributed by atoms with Gasteiger partial charge in [0, 0.05) is 18.7 Å². The maximum Gasteiger partial charge on any atom is 0.157 e. The molecule has 0 atom stereocenters. The minimum atomic E-state index is 0.226. The summed E-state index contributed by atoms with van der Waals surface area (Å²) in [6.07, 6.45) is 5.64. The van der Waals surface area contributed by atoms with E-state index in [0.717, 1.165) is 25.1 Å². The number of unbranched alkanes of at least 4 members (excludes halogenated alkanes) is 1. The first-order valence-corrected chi connectivity index (χ1v) is 5.15. The Hall–Kier alpha value is -0.790. The highest BCUT2D eigenvalue weighted by Gasteiger charge is 1.95. The molecule has 0 radical (unpaired) electrons. The lowest BCUT2D eigenvalue weighted by Crippen LogP contribution is -2.13. The van der Waals surface area contributed by atoms with Crippen LogP contribution in [0, 0.1) is 0 Å². The molecule has 0 unspecified atom stereocenters. The third-order valence-electron chi connectivity index (χ3n) is 1.81. The molecular weight excluding hydrogens is 162 g/mol. The number of rotatable bonds is 7. The fourth-order valence-electron chi connectivity index (χ4n) is 1.07. The lowest BCUT2D eigenvalue weighted by molar-refractivity contribution is -0.114. The van der Waals surface area contributed by atoms with E-state index in [9.17, 15) is 4.79 Å². The van der Waals surface area contributed by atoms with E-state index in [-0.39, 0.29) is 5.78 Å². The minimum Gasteiger partial charge on any atom is -0.388 e. The highest BCUT2D eigenvalue weighted by molar-refractivity contribution is 5.90. The van der Waals surface area contributed by atoms with Crippen molar-refractivity contribution < 1.29 is 4.79 Å². The number of nitrogens with one attached hydrogen (secondary N) is 1. The molecule has 0 aromatic rings. The van der Waals surface area contributed by atoms with Gasteiger partial charge in [0.25, 0.3) is 0 Å². The molecule has 0 fully saturated rings. The van der Waals surface area contributed by atoms with Crippen molar-refractivity contribution in [3.05, 3.63) is 11.8 Å².